The highest BCUT2D eigenvalue weighted by Crippen LogP contribution is 2.29. The van der Waals surface area contributed by atoms with Crippen molar-refractivity contribution < 1.29 is 17.9 Å². The van der Waals surface area contributed by atoms with E-state index in [1.165, 1.54) is 30.9 Å². The maximum Gasteiger partial charge on any atom is 0.319 e. The molecular weight excluding hydrogens is 390 g/mol. The van der Waals surface area contributed by atoms with Gasteiger partial charge in [0.1, 0.15) is 5.75 Å². The van der Waals surface area contributed by atoms with Gasteiger partial charge in [0.25, 0.3) is 0 Å². The molecule has 0 spiro atoms. The third kappa shape index (κ3) is 5.48. The van der Waals surface area contributed by atoms with Crippen LogP contribution in [-0.4, -0.2) is 27.6 Å². The van der Waals surface area contributed by atoms with E-state index >= 15 is 0 Å². The standard InChI is InChI=1S/C21H27N3O4S/c1-4-15-5-7-16(8-6-15)14(2)22-21(25)23-19-13-18(11-12-20(19)28-3)29(26,27)24-17-9-10-17/h5-8,11-14,17,24H,4,9-10H2,1-3H3,(H2,22,23,25). The smallest absolute Gasteiger partial charge is 0.319 e. The number of ether oxygens (including phenoxy) is 1. The summed E-state index contributed by atoms with van der Waals surface area (Å²) in [5, 5.41) is 5.56. The molecule has 1 aliphatic carbocycles. The van der Waals surface area contributed by atoms with Gasteiger partial charge in [-0.3, -0.25) is 0 Å². The lowest BCUT2D eigenvalue weighted by Crippen LogP contribution is -2.31. The average molecular weight is 418 g/mol. The van der Waals surface area contributed by atoms with E-state index in [2.05, 4.69) is 22.3 Å². The van der Waals surface area contributed by atoms with Gasteiger partial charge in [-0.1, -0.05) is 31.2 Å². The van der Waals surface area contributed by atoms with Crippen molar-refractivity contribution in [2.45, 2.75) is 50.1 Å². The van der Waals surface area contributed by atoms with E-state index in [0.717, 1.165) is 24.8 Å². The maximum atomic E-state index is 12.5. The lowest BCUT2D eigenvalue weighted by molar-refractivity contribution is 0.249. The van der Waals surface area contributed by atoms with E-state index in [4.69, 9.17) is 4.74 Å². The molecule has 1 unspecified atom stereocenters. The largest absolute Gasteiger partial charge is 0.495 e. The topological polar surface area (TPSA) is 96.5 Å². The fourth-order valence-corrected chi connectivity index (χ4v) is 4.25. The van der Waals surface area contributed by atoms with Crippen molar-refractivity contribution in [3.05, 3.63) is 53.6 Å². The monoisotopic (exact) mass is 417 g/mol. The molecule has 0 radical (unpaired) electrons. The Balaban J connectivity index is 1.71. The van der Waals surface area contributed by atoms with Crippen LogP contribution in [-0.2, 0) is 16.4 Å². The Kier molecular flexibility index (Phi) is 6.44. The van der Waals surface area contributed by atoms with E-state index in [1.54, 1.807) is 0 Å². The van der Waals surface area contributed by atoms with E-state index in [-0.39, 0.29) is 22.7 Å². The van der Waals surface area contributed by atoms with Crippen molar-refractivity contribution in [1.29, 1.82) is 0 Å². The number of anilines is 1. The van der Waals surface area contributed by atoms with Gasteiger partial charge in [0.2, 0.25) is 10.0 Å². The second kappa shape index (κ2) is 8.84. The molecule has 156 valence electrons. The minimum Gasteiger partial charge on any atom is -0.495 e. The Morgan fingerprint density at radius 3 is 2.45 bits per heavy atom. The Morgan fingerprint density at radius 2 is 1.86 bits per heavy atom. The highest BCUT2D eigenvalue weighted by atomic mass is 32.2. The highest BCUT2D eigenvalue weighted by Gasteiger charge is 2.28. The lowest BCUT2D eigenvalue weighted by Gasteiger charge is -2.17. The van der Waals surface area contributed by atoms with Crippen molar-refractivity contribution in [2.24, 2.45) is 0 Å². The molecule has 3 N–H and O–H groups in total. The van der Waals surface area contributed by atoms with Gasteiger partial charge in [0.15, 0.2) is 0 Å². The summed E-state index contributed by atoms with van der Waals surface area (Å²) in [5.41, 5.74) is 2.50. The Hall–Kier alpha value is -2.58. The molecular formula is C21H27N3O4S. The van der Waals surface area contributed by atoms with E-state index in [1.807, 2.05) is 31.2 Å². The van der Waals surface area contributed by atoms with Gasteiger partial charge < -0.3 is 15.4 Å². The normalized spacial score (nSPS) is 14.9. The molecule has 2 aromatic rings. The van der Waals surface area contributed by atoms with Crippen LogP contribution in [0.15, 0.2) is 47.4 Å². The summed E-state index contributed by atoms with van der Waals surface area (Å²) in [6.45, 7) is 3.98. The summed E-state index contributed by atoms with van der Waals surface area (Å²) in [4.78, 5) is 12.6. The molecule has 2 aromatic carbocycles. The minimum atomic E-state index is -3.63. The Morgan fingerprint density at radius 1 is 1.17 bits per heavy atom. The second-order valence-corrected chi connectivity index (χ2v) is 8.89. The van der Waals surface area contributed by atoms with Crippen molar-refractivity contribution in [2.75, 3.05) is 12.4 Å². The van der Waals surface area contributed by atoms with Crippen molar-refractivity contribution in [1.82, 2.24) is 10.0 Å². The van der Waals surface area contributed by atoms with Crippen LogP contribution >= 0.6 is 0 Å². The summed E-state index contributed by atoms with van der Waals surface area (Å²) < 4.78 is 32.8. The lowest BCUT2D eigenvalue weighted by atomic mass is 10.1. The quantitative estimate of drug-likeness (QED) is 0.612. The molecule has 1 aliphatic rings. The third-order valence-electron chi connectivity index (χ3n) is 4.86. The molecule has 3 rings (SSSR count). The number of amides is 2. The van der Waals surface area contributed by atoms with Gasteiger partial charge >= 0.3 is 6.03 Å². The fourth-order valence-electron chi connectivity index (χ4n) is 2.92. The number of benzene rings is 2. The summed E-state index contributed by atoms with van der Waals surface area (Å²) in [6, 6.07) is 11.8. The number of carbonyl (C=O) groups excluding carboxylic acids is 1. The Bertz CT molecular complexity index is 970. The first-order chi connectivity index (χ1) is 13.8. The van der Waals surface area contributed by atoms with Gasteiger partial charge in [-0.25, -0.2) is 17.9 Å². The summed E-state index contributed by atoms with van der Waals surface area (Å²) in [5.74, 6) is 0.380. The van der Waals surface area contributed by atoms with Crippen LogP contribution in [0.1, 0.15) is 43.9 Å². The molecule has 0 heterocycles. The van der Waals surface area contributed by atoms with Gasteiger partial charge in [-0.15, -0.1) is 0 Å². The van der Waals surface area contributed by atoms with Crippen LogP contribution in [0.25, 0.3) is 0 Å². The van der Waals surface area contributed by atoms with Crippen molar-refractivity contribution in [3.8, 4) is 5.75 Å². The van der Waals surface area contributed by atoms with Gasteiger partial charge in [-0.05, 0) is 55.5 Å². The molecule has 1 atom stereocenters. The number of urea groups is 1. The van der Waals surface area contributed by atoms with E-state index < -0.39 is 16.1 Å². The van der Waals surface area contributed by atoms with Crippen LogP contribution in [0.4, 0.5) is 10.5 Å². The number of methoxy groups -OCH3 is 1. The molecule has 7 nitrogen and oxygen atoms in total. The first-order valence-corrected chi connectivity index (χ1v) is 11.2. The number of hydrogen-bond acceptors (Lipinski definition) is 4. The number of aryl methyl sites for hydroxylation is 1. The van der Waals surface area contributed by atoms with Crippen LogP contribution < -0.4 is 20.1 Å². The molecule has 0 bridgehead atoms. The SMILES string of the molecule is CCc1ccc(C(C)NC(=O)Nc2cc(S(=O)(=O)NC3CC3)ccc2OC)cc1. The van der Waals surface area contributed by atoms with Gasteiger partial charge in [0.05, 0.1) is 23.7 Å². The Labute approximate surface area is 171 Å². The van der Waals surface area contributed by atoms with Crippen LogP contribution in [0.5, 0.6) is 5.75 Å². The number of hydrogen-bond donors (Lipinski definition) is 3. The zero-order valence-electron chi connectivity index (χ0n) is 16.9. The molecule has 0 aromatic heterocycles. The molecule has 29 heavy (non-hydrogen) atoms. The van der Waals surface area contributed by atoms with Crippen LogP contribution in [0, 0.1) is 0 Å². The predicted octanol–water partition coefficient (Wildman–Crippen LogP) is 3.58. The van der Waals surface area contributed by atoms with Crippen LogP contribution in [0.2, 0.25) is 0 Å². The van der Waals surface area contributed by atoms with E-state index in [9.17, 15) is 13.2 Å². The number of carbonyl (C=O) groups is 1. The number of rotatable bonds is 8. The first kappa shape index (κ1) is 21.1. The van der Waals surface area contributed by atoms with E-state index in [0.29, 0.717) is 5.75 Å². The zero-order valence-corrected chi connectivity index (χ0v) is 17.7. The van der Waals surface area contributed by atoms with Crippen molar-refractivity contribution >= 4 is 21.7 Å². The first-order valence-electron chi connectivity index (χ1n) is 9.69. The predicted molar refractivity (Wildman–Crippen MR) is 113 cm³/mol. The minimum absolute atomic E-state index is 0.00163. The molecule has 0 saturated heterocycles. The van der Waals surface area contributed by atoms with Crippen LogP contribution in [0.3, 0.4) is 0 Å². The zero-order chi connectivity index (χ0) is 21.0. The molecule has 1 saturated carbocycles. The average Bonchev–Trinajstić information content (AvgIpc) is 3.51. The molecule has 1 fully saturated rings. The number of sulfonamides is 1. The summed E-state index contributed by atoms with van der Waals surface area (Å²) in [7, 11) is -2.17. The fraction of sp³-hybridized carbons (Fsp3) is 0.381. The third-order valence-corrected chi connectivity index (χ3v) is 6.38. The van der Waals surface area contributed by atoms with Crippen molar-refractivity contribution in [3.63, 3.8) is 0 Å². The second-order valence-electron chi connectivity index (χ2n) is 7.17. The maximum absolute atomic E-state index is 12.5. The van der Waals surface area contributed by atoms with Gasteiger partial charge in [-0.2, -0.15) is 0 Å². The van der Waals surface area contributed by atoms with Gasteiger partial charge in [0, 0.05) is 6.04 Å². The molecule has 0 aliphatic heterocycles. The summed E-state index contributed by atoms with van der Waals surface area (Å²) >= 11 is 0. The molecule has 2 amide bonds. The molecule has 8 heteroatoms. The number of nitrogens with one attached hydrogen (secondary N) is 3. The highest BCUT2D eigenvalue weighted by molar-refractivity contribution is 7.89. The summed E-state index contributed by atoms with van der Waals surface area (Å²) in [6.07, 6.45) is 2.65.